The fourth-order valence-corrected chi connectivity index (χ4v) is 4.00. The van der Waals surface area contributed by atoms with Gasteiger partial charge in [0.25, 0.3) is 5.91 Å². The van der Waals surface area contributed by atoms with Gasteiger partial charge in [0, 0.05) is 52.3 Å². The molecule has 0 saturated carbocycles. The molecule has 2 aromatic carbocycles. The zero-order valence-corrected chi connectivity index (χ0v) is 19.5. The molecule has 1 aliphatic rings. The molecule has 0 radical (unpaired) electrons. The smallest absolute Gasteiger partial charge is 0.257 e. The van der Waals surface area contributed by atoms with Crippen LogP contribution in [0, 0.1) is 0 Å². The van der Waals surface area contributed by atoms with Gasteiger partial charge < -0.3 is 24.6 Å². The average Bonchev–Trinajstić information content (AvgIpc) is 3.27. The van der Waals surface area contributed by atoms with E-state index in [2.05, 4.69) is 5.32 Å². The van der Waals surface area contributed by atoms with E-state index in [0.717, 1.165) is 30.7 Å². The average molecular weight is 460 g/mol. The van der Waals surface area contributed by atoms with Gasteiger partial charge in [-0.1, -0.05) is 23.7 Å². The molecule has 7 nitrogen and oxygen atoms in total. The van der Waals surface area contributed by atoms with Crippen molar-refractivity contribution >= 4 is 34.8 Å². The number of anilines is 2. The quantitative estimate of drug-likeness (QED) is 0.617. The minimum atomic E-state index is -0.286. The highest BCUT2D eigenvalue weighted by Crippen LogP contribution is 2.26. The van der Waals surface area contributed by atoms with Crippen molar-refractivity contribution < 1.29 is 19.1 Å². The largest absolute Gasteiger partial charge is 0.377 e. The first-order chi connectivity index (χ1) is 15.4. The first kappa shape index (κ1) is 24.0. The number of rotatable bonds is 9. The Morgan fingerprint density at radius 3 is 2.66 bits per heavy atom. The molecule has 1 atom stereocenters. The second-order valence-electron chi connectivity index (χ2n) is 8.01. The van der Waals surface area contributed by atoms with E-state index in [1.807, 2.05) is 37.2 Å². The number of nitrogens with one attached hydrogen (secondary N) is 1. The summed E-state index contributed by atoms with van der Waals surface area (Å²) >= 11 is 6.16. The third-order valence-corrected chi connectivity index (χ3v) is 5.70. The van der Waals surface area contributed by atoms with E-state index >= 15 is 0 Å². The maximum Gasteiger partial charge on any atom is 0.257 e. The Hall–Kier alpha value is -2.61. The Kier molecular flexibility index (Phi) is 8.50. The number of methoxy groups -OCH3 is 1. The highest BCUT2D eigenvalue weighted by molar-refractivity contribution is 6.34. The third kappa shape index (κ3) is 6.22. The Morgan fingerprint density at radius 1 is 1.22 bits per heavy atom. The number of carbonyl (C=O) groups is 2. The third-order valence-electron chi connectivity index (χ3n) is 5.37. The lowest BCUT2D eigenvalue weighted by Gasteiger charge is -2.28. The molecule has 3 rings (SSSR count). The second kappa shape index (κ2) is 11.3. The van der Waals surface area contributed by atoms with Crippen LogP contribution in [0.5, 0.6) is 0 Å². The van der Waals surface area contributed by atoms with E-state index in [9.17, 15) is 9.59 Å². The molecular weight excluding hydrogens is 430 g/mol. The van der Waals surface area contributed by atoms with Crippen molar-refractivity contribution in [1.29, 1.82) is 0 Å². The Bertz CT molecular complexity index is 945. The zero-order chi connectivity index (χ0) is 23.1. The van der Waals surface area contributed by atoms with Crippen LogP contribution in [0.25, 0.3) is 0 Å². The molecule has 2 aromatic rings. The van der Waals surface area contributed by atoms with Crippen molar-refractivity contribution in [2.75, 3.05) is 51.2 Å². The van der Waals surface area contributed by atoms with Crippen molar-refractivity contribution in [3.63, 3.8) is 0 Å². The van der Waals surface area contributed by atoms with E-state index in [-0.39, 0.29) is 24.5 Å². The summed E-state index contributed by atoms with van der Waals surface area (Å²) in [5.41, 5.74) is 2.91. The summed E-state index contributed by atoms with van der Waals surface area (Å²) < 4.78 is 10.8. The molecule has 1 aliphatic heterocycles. The lowest BCUT2D eigenvalue weighted by atomic mass is 10.1. The fraction of sp³-hybridized carbons (Fsp3) is 0.417. The van der Waals surface area contributed by atoms with Gasteiger partial charge in [0.05, 0.1) is 16.7 Å². The molecule has 0 unspecified atom stereocenters. The number of amides is 2. The monoisotopic (exact) mass is 459 g/mol. The van der Waals surface area contributed by atoms with Crippen LogP contribution in [0.2, 0.25) is 5.02 Å². The van der Waals surface area contributed by atoms with Gasteiger partial charge >= 0.3 is 0 Å². The van der Waals surface area contributed by atoms with Crippen LogP contribution >= 0.6 is 11.6 Å². The zero-order valence-electron chi connectivity index (χ0n) is 18.8. The fourth-order valence-electron chi connectivity index (χ4n) is 3.78. The van der Waals surface area contributed by atoms with Crippen molar-refractivity contribution in [1.82, 2.24) is 4.90 Å². The van der Waals surface area contributed by atoms with Crippen molar-refractivity contribution in [3.8, 4) is 0 Å². The van der Waals surface area contributed by atoms with Gasteiger partial charge in [-0.05, 0) is 48.7 Å². The van der Waals surface area contributed by atoms with Gasteiger partial charge in [0.15, 0.2) is 0 Å². The van der Waals surface area contributed by atoms with Crippen LogP contribution in [-0.4, -0.2) is 63.8 Å². The van der Waals surface area contributed by atoms with Crippen LogP contribution in [0.1, 0.15) is 28.8 Å². The number of ether oxygens (including phenoxy) is 2. The van der Waals surface area contributed by atoms with Crippen molar-refractivity contribution in [3.05, 3.63) is 58.6 Å². The summed E-state index contributed by atoms with van der Waals surface area (Å²) in [6.07, 6.45) is 1.97. The standard InChI is InChI=1S/C24H30ClN3O4/c1-27(2)22-11-10-18(26-24(30)20-8-4-5-9-21(20)25)13-17(22)14-28(23(29)16-31-3)15-19-7-6-12-32-19/h4-5,8-11,13,19H,6-7,12,14-16H2,1-3H3,(H,26,30)/t19-/m1/s1. The molecule has 1 fully saturated rings. The van der Waals surface area contributed by atoms with Crippen LogP contribution < -0.4 is 10.2 Å². The van der Waals surface area contributed by atoms with Gasteiger partial charge in [-0.15, -0.1) is 0 Å². The maximum atomic E-state index is 12.7. The number of hydrogen-bond donors (Lipinski definition) is 1. The Balaban J connectivity index is 1.84. The van der Waals surface area contributed by atoms with E-state index in [4.69, 9.17) is 21.1 Å². The highest BCUT2D eigenvalue weighted by atomic mass is 35.5. The van der Waals surface area contributed by atoms with Crippen LogP contribution in [0.15, 0.2) is 42.5 Å². The predicted octanol–water partition coefficient (Wildman–Crippen LogP) is 3.81. The lowest BCUT2D eigenvalue weighted by Crippen LogP contribution is -2.39. The Morgan fingerprint density at radius 2 is 2.00 bits per heavy atom. The van der Waals surface area contributed by atoms with Gasteiger partial charge in [-0.2, -0.15) is 0 Å². The van der Waals surface area contributed by atoms with Crippen LogP contribution in [-0.2, 0) is 20.8 Å². The molecule has 0 bridgehead atoms. The van der Waals surface area contributed by atoms with E-state index in [1.165, 1.54) is 7.11 Å². The molecule has 2 amide bonds. The molecule has 1 heterocycles. The predicted molar refractivity (Wildman–Crippen MR) is 126 cm³/mol. The summed E-state index contributed by atoms with van der Waals surface area (Å²) in [6, 6.07) is 12.6. The molecule has 1 N–H and O–H groups in total. The van der Waals surface area contributed by atoms with Gasteiger partial charge in [-0.25, -0.2) is 0 Å². The molecule has 172 valence electrons. The molecule has 1 saturated heterocycles. The number of nitrogens with zero attached hydrogens (tertiary/aromatic N) is 2. The van der Waals surface area contributed by atoms with Gasteiger partial charge in [-0.3, -0.25) is 9.59 Å². The van der Waals surface area contributed by atoms with Gasteiger partial charge in [0.2, 0.25) is 5.91 Å². The second-order valence-corrected chi connectivity index (χ2v) is 8.42. The summed E-state index contributed by atoms with van der Waals surface area (Å²) in [4.78, 5) is 29.2. The van der Waals surface area contributed by atoms with E-state index < -0.39 is 0 Å². The number of hydrogen-bond acceptors (Lipinski definition) is 5. The first-order valence-electron chi connectivity index (χ1n) is 10.6. The topological polar surface area (TPSA) is 71.1 Å². The summed E-state index contributed by atoms with van der Waals surface area (Å²) in [6.45, 7) is 1.62. The molecule has 32 heavy (non-hydrogen) atoms. The SMILES string of the molecule is COCC(=O)N(Cc1cc(NC(=O)c2ccccc2Cl)ccc1N(C)C)C[C@H]1CCCO1. The number of benzene rings is 2. The van der Waals surface area contributed by atoms with Gasteiger partial charge in [0.1, 0.15) is 6.61 Å². The summed E-state index contributed by atoms with van der Waals surface area (Å²) in [7, 11) is 5.41. The minimum Gasteiger partial charge on any atom is -0.377 e. The van der Waals surface area contributed by atoms with Crippen molar-refractivity contribution in [2.24, 2.45) is 0 Å². The van der Waals surface area contributed by atoms with Crippen molar-refractivity contribution in [2.45, 2.75) is 25.5 Å². The minimum absolute atomic E-state index is 0.00690. The molecule has 0 aliphatic carbocycles. The molecular formula is C24H30ClN3O4. The lowest BCUT2D eigenvalue weighted by molar-refractivity contribution is -0.137. The first-order valence-corrected chi connectivity index (χ1v) is 11.0. The maximum absolute atomic E-state index is 12.7. The number of halogens is 1. The number of carbonyl (C=O) groups excluding carboxylic acids is 2. The Labute approximate surface area is 194 Å². The van der Waals surface area contributed by atoms with E-state index in [0.29, 0.717) is 29.4 Å². The normalized spacial score (nSPS) is 15.4. The summed E-state index contributed by atoms with van der Waals surface area (Å²) in [5.74, 6) is -0.385. The molecule has 0 spiro atoms. The molecule has 8 heteroatoms. The highest BCUT2D eigenvalue weighted by Gasteiger charge is 2.24. The molecule has 0 aromatic heterocycles. The summed E-state index contributed by atoms with van der Waals surface area (Å²) in [5, 5.41) is 3.30. The van der Waals surface area contributed by atoms with Crippen LogP contribution in [0.4, 0.5) is 11.4 Å². The van der Waals surface area contributed by atoms with E-state index in [1.54, 1.807) is 29.2 Å². The van der Waals surface area contributed by atoms with Crippen LogP contribution in [0.3, 0.4) is 0 Å².